The summed E-state index contributed by atoms with van der Waals surface area (Å²) in [6.45, 7) is 0.439. The Morgan fingerprint density at radius 2 is 2.04 bits per heavy atom. The molecule has 0 aliphatic carbocycles. The number of benzene rings is 1. The summed E-state index contributed by atoms with van der Waals surface area (Å²) in [4.78, 5) is 14.4. The van der Waals surface area contributed by atoms with Crippen LogP contribution in [-0.4, -0.2) is 56.0 Å². The molecule has 1 aliphatic heterocycles. The zero-order chi connectivity index (χ0) is 19.7. The van der Waals surface area contributed by atoms with Gasteiger partial charge >= 0.3 is 0 Å². The molecule has 28 heavy (non-hydrogen) atoms. The van der Waals surface area contributed by atoms with E-state index in [0.29, 0.717) is 30.0 Å². The van der Waals surface area contributed by atoms with Gasteiger partial charge in [0.15, 0.2) is 11.6 Å². The zero-order valence-electron chi connectivity index (χ0n) is 14.7. The predicted octanol–water partition coefficient (Wildman–Crippen LogP) is 1.99. The number of aliphatic hydroxyl groups excluding tert-OH is 1. The van der Waals surface area contributed by atoms with Gasteiger partial charge in [-0.3, -0.25) is 9.89 Å². The third-order valence-electron chi connectivity index (χ3n) is 5.02. The first-order chi connectivity index (χ1) is 13.6. The Bertz CT molecular complexity index is 995. The monoisotopic (exact) mass is 385 g/mol. The first-order valence-electron chi connectivity index (χ1n) is 8.74. The van der Waals surface area contributed by atoms with Gasteiger partial charge in [0.1, 0.15) is 5.69 Å². The highest BCUT2D eigenvalue weighted by Gasteiger charge is 2.37. The predicted molar refractivity (Wildman–Crippen MR) is 95.2 cm³/mol. The SMILES string of the molecule is O=C(c1cc(-c2ccnnc2)n[nH]1)N1C[C@H](CO)[C@@H](c2ccc(F)c(F)c2)C1. The maximum atomic E-state index is 13.6. The second kappa shape index (κ2) is 7.43. The Kier molecular flexibility index (Phi) is 4.82. The van der Waals surface area contributed by atoms with E-state index in [1.54, 1.807) is 23.2 Å². The molecule has 2 atom stereocenters. The molecule has 0 radical (unpaired) electrons. The van der Waals surface area contributed by atoms with E-state index in [4.69, 9.17) is 0 Å². The second-order valence-electron chi connectivity index (χ2n) is 6.73. The highest BCUT2D eigenvalue weighted by atomic mass is 19.2. The summed E-state index contributed by atoms with van der Waals surface area (Å²) in [5.74, 6) is -2.69. The van der Waals surface area contributed by atoms with Crippen molar-refractivity contribution in [2.45, 2.75) is 5.92 Å². The third kappa shape index (κ3) is 3.36. The zero-order valence-corrected chi connectivity index (χ0v) is 14.7. The summed E-state index contributed by atoms with van der Waals surface area (Å²) in [5.41, 5.74) is 2.14. The lowest BCUT2D eigenvalue weighted by atomic mass is 9.89. The van der Waals surface area contributed by atoms with Crippen LogP contribution in [0, 0.1) is 17.6 Å². The van der Waals surface area contributed by atoms with Crippen LogP contribution in [-0.2, 0) is 0 Å². The van der Waals surface area contributed by atoms with E-state index in [1.165, 1.54) is 12.3 Å². The van der Waals surface area contributed by atoms with E-state index in [9.17, 15) is 18.7 Å². The number of hydrogen-bond donors (Lipinski definition) is 2. The minimum atomic E-state index is -0.942. The van der Waals surface area contributed by atoms with Gasteiger partial charge in [0, 0.05) is 37.1 Å². The molecule has 3 aromatic rings. The van der Waals surface area contributed by atoms with Gasteiger partial charge in [-0.15, -0.1) is 0 Å². The van der Waals surface area contributed by atoms with Crippen molar-refractivity contribution in [2.24, 2.45) is 5.92 Å². The smallest absolute Gasteiger partial charge is 0.271 e. The molecule has 0 spiro atoms. The molecule has 7 nitrogen and oxygen atoms in total. The normalized spacial score (nSPS) is 19.2. The molecular formula is C19H17F2N5O2. The number of nitrogens with one attached hydrogen (secondary N) is 1. The highest BCUT2D eigenvalue weighted by molar-refractivity contribution is 5.93. The molecule has 1 amide bonds. The van der Waals surface area contributed by atoms with Crippen molar-refractivity contribution >= 4 is 5.91 Å². The Balaban J connectivity index is 1.54. The van der Waals surface area contributed by atoms with E-state index >= 15 is 0 Å². The van der Waals surface area contributed by atoms with E-state index in [2.05, 4.69) is 20.4 Å². The van der Waals surface area contributed by atoms with Gasteiger partial charge in [-0.05, 0) is 29.8 Å². The molecule has 0 unspecified atom stereocenters. The van der Waals surface area contributed by atoms with E-state index < -0.39 is 11.6 Å². The molecular weight excluding hydrogens is 368 g/mol. The number of aliphatic hydroxyl groups is 1. The number of H-pyrrole nitrogens is 1. The molecule has 1 aliphatic rings. The largest absolute Gasteiger partial charge is 0.396 e. The van der Waals surface area contributed by atoms with Crippen LogP contribution in [0.15, 0.2) is 42.7 Å². The van der Waals surface area contributed by atoms with Gasteiger partial charge < -0.3 is 10.0 Å². The Hall–Kier alpha value is -3.20. The van der Waals surface area contributed by atoms with Crippen molar-refractivity contribution < 1.29 is 18.7 Å². The van der Waals surface area contributed by atoms with Gasteiger partial charge in [0.2, 0.25) is 0 Å². The number of aromatic amines is 1. The van der Waals surface area contributed by atoms with Crippen LogP contribution in [0.5, 0.6) is 0 Å². The van der Waals surface area contributed by atoms with Crippen LogP contribution in [0.3, 0.4) is 0 Å². The Morgan fingerprint density at radius 1 is 1.18 bits per heavy atom. The fourth-order valence-corrected chi connectivity index (χ4v) is 3.53. The van der Waals surface area contributed by atoms with Gasteiger partial charge in [0.05, 0.1) is 18.1 Å². The third-order valence-corrected chi connectivity index (χ3v) is 5.02. The summed E-state index contributed by atoms with van der Waals surface area (Å²) in [5, 5.41) is 24.1. The average molecular weight is 385 g/mol. The summed E-state index contributed by atoms with van der Waals surface area (Å²) in [6, 6.07) is 7.03. The fourth-order valence-electron chi connectivity index (χ4n) is 3.53. The van der Waals surface area contributed by atoms with Gasteiger partial charge in [0.25, 0.3) is 5.91 Å². The van der Waals surface area contributed by atoms with Crippen LogP contribution in [0.4, 0.5) is 8.78 Å². The summed E-state index contributed by atoms with van der Waals surface area (Å²) < 4.78 is 26.8. The molecule has 0 bridgehead atoms. The maximum absolute atomic E-state index is 13.6. The van der Waals surface area contributed by atoms with Crippen LogP contribution in [0.2, 0.25) is 0 Å². The Labute approximate surface area is 159 Å². The van der Waals surface area contributed by atoms with Crippen molar-refractivity contribution in [2.75, 3.05) is 19.7 Å². The number of hydrogen-bond acceptors (Lipinski definition) is 5. The second-order valence-corrected chi connectivity index (χ2v) is 6.73. The van der Waals surface area contributed by atoms with E-state index in [0.717, 1.165) is 17.7 Å². The van der Waals surface area contributed by atoms with Gasteiger partial charge in [-0.2, -0.15) is 15.3 Å². The first-order valence-corrected chi connectivity index (χ1v) is 8.74. The summed E-state index contributed by atoms with van der Waals surface area (Å²) in [6.07, 6.45) is 3.07. The van der Waals surface area contributed by atoms with Gasteiger partial charge in [-0.1, -0.05) is 6.07 Å². The Morgan fingerprint density at radius 3 is 2.75 bits per heavy atom. The number of carbonyl (C=O) groups is 1. The molecule has 9 heteroatoms. The number of likely N-dealkylation sites (tertiary alicyclic amines) is 1. The molecule has 2 N–H and O–H groups in total. The molecule has 0 saturated carbocycles. The van der Waals surface area contributed by atoms with Crippen molar-refractivity contribution in [3.8, 4) is 11.3 Å². The van der Waals surface area contributed by atoms with Crippen LogP contribution >= 0.6 is 0 Å². The number of nitrogens with zero attached hydrogens (tertiary/aromatic N) is 4. The van der Waals surface area contributed by atoms with Crippen molar-refractivity contribution in [3.63, 3.8) is 0 Å². The number of rotatable bonds is 4. The van der Waals surface area contributed by atoms with Crippen LogP contribution in [0.1, 0.15) is 22.0 Å². The quantitative estimate of drug-likeness (QED) is 0.716. The van der Waals surface area contributed by atoms with Crippen molar-refractivity contribution in [3.05, 3.63) is 65.6 Å². The van der Waals surface area contributed by atoms with E-state index in [1.807, 2.05) is 0 Å². The lowest BCUT2D eigenvalue weighted by Gasteiger charge is -2.16. The first kappa shape index (κ1) is 18.2. The molecule has 1 saturated heterocycles. The number of amides is 1. The summed E-state index contributed by atoms with van der Waals surface area (Å²) in [7, 11) is 0. The molecule has 1 fully saturated rings. The molecule has 2 aromatic heterocycles. The molecule has 144 valence electrons. The summed E-state index contributed by atoms with van der Waals surface area (Å²) >= 11 is 0. The number of halogens is 2. The fraction of sp³-hybridized carbons (Fsp3) is 0.263. The lowest BCUT2D eigenvalue weighted by Crippen LogP contribution is -2.29. The molecule has 4 rings (SSSR count). The standard InChI is InChI=1S/C19H17F2N5O2/c20-15-2-1-11(5-16(15)21)14-9-26(8-13(14)10-27)19(28)18-6-17(24-25-18)12-3-4-22-23-7-12/h1-7,13-14,27H,8-10H2,(H,24,25)/t13-,14-/m1/s1. The lowest BCUT2D eigenvalue weighted by molar-refractivity contribution is 0.0775. The van der Waals surface area contributed by atoms with Crippen molar-refractivity contribution in [1.29, 1.82) is 0 Å². The number of carbonyl (C=O) groups excluding carboxylic acids is 1. The van der Waals surface area contributed by atoms with E-state index in [-0.39, 0.29) is 24.3 Å². The average Bonchev–Trinajstić information content (AvgIpc) is 3.38. The molecule has 3 heterocycles. The van der Waals surface area contributed by atoms with Crippen molar-refractivity contribution in [1.82, 2.24) is 25.3 Å². The number of aromatic nitrogens is 4. The maximum Gasteiger partial charge on any atom is 0.271 e. The topological polar surface area (TPSA) is 95.0 Å². The van der Waals surface area contributed by atoms with Gasteiger partial charge in [-0.25, -0.2) is 8.78 Å². The molecule has 1 aromatic carbocycles. The van der Waals surface area contributed by atoms with Crippen LogP contribution < -0.4 is 0 Å². The minimum Gasteiger partial charge on any atom is -0.396 e. The van der Waals surface area contributed by atoms with Crippen LogP contribution in [0.25, 0.3) is 11.3 Å². The highest BCUT2D eigenvalue weighted by Crippen LogP contribution is 2.34. The minimum absolute atomic E-state index is 0.162.